The van der Waals surface area contributed by atoms with E-state index < -0.39 is 23.9 Å². The molecular weight excluding hydrogens is 440 g/mol. The second kappa shape index (κ2) is 35.0. The van der Waals surface area contributed by atoms with Crippen LogP contribution in [0.1, 0.15) is 116 Å². The zero-order valence-electron chi connectivity index (χ0n) is 20.8. The maximum Gasteiger partial charge on any atom is 0.0414 e. The number of unbranched alkanes of at least 4 members (excludes halogenated alkanes) is 12. The van der Waals surface area contributed by atoms with Crippen molar-refractivity contribution < 1.29 is 39.6 Å². The summed E-state index contributed by atoms with van der Waals surface area (Å²) in [6, 6.07) is 0. The first-order valence-corrected chi connectivity index (χ1v) is 12.0. The smallest absolute Gasteiger partial charge is 0.0414 e. The first-order valence-electron chi connectivity index (χ1n) is 12.0. The van der Waals surface area contributed by atoms with Gasteiger partial charge in [-0.05, 0) is 51.4 Å². The summed E-state index contributed by atoms with van der Waals surface area (Å²) < 4.78 is 0. The van der Waals surface area contributed by atoms with E-state index in [1.54, 1.807) is 0 Å². The molecule has 0 N–H and O–H groups in total. The Hall–Kier alpha value is -2.64. The maximum atomic E-state index is 10.1. The average molecular weight is 485 g/mol. The molecule has 0 aliphatic rings. The summed E-state index contributed by atoms with van der Waals surface area (Å²) in [6.07, 6.45) is 13.1. The highest BCUT2D eigenvalue weighted by Crippen LogP contribution is 2.10. The topological polar surface area (TPSA) is 161 Å². The van der Waals surface area contributed by atoms with Crippen LogP contribution in [-0.4, -0.2) is 23.9 Å². The van der Waals surface area contributed by atoms with Crippen molar-refractivity contribution in [3.8, 4) is 0 Å². The standard InChI is InChI=1S/C12H22O4.C10H18O4.2C2H4/c13-11(14)9-7-5-3-1-2-4-6-8-10-12(15)16;11-9(12)7-5-3-1-2-4-6-8-10(13)14;2*1-2/h1-10H2,(H,13,14)(H,15,16);1-8H2,(H,11,12)(H,13,14);2*1-2H2/p-4. The number of carbonyl (C=O) groups is 4. The van der Waals surface area contributed by atoms with Crippen molar-refractivity contribution in [2.24, 2.45) is 0 Å². The summed E-state index contributed by atoms with van der Waals surface area (Å²) in [7, 11) is 0. The highest BCUT2D eigenvalue weighted by atomic mass is 16.4. The normalized spacial score (nSPS) is 9.18. The molecule has 0 aliphatic carbocycles. The summed E-state index contributed by atoms with van der Waals surface area (Å²) in [5, 5.41) is 40.2. The molecule has 0 aliphatic heterocycles. The number of rotatable bonds is 20. The lowest BCUT2D eigenvalue weighted by Gasteiger charge is -2.03. The highest BCUT2D eigenvalue weighted by molar-refractivity contribution is 5.64. The van der Waals surface area contributed by atoms with Crippen LogP contribution in [0.5, 0.6) is 0 Å². The molecule has 0 atom stereocenters. The number of carboxylic acids is 4. The first-order chi connectivity index (χ1) is 16.3. The van der Waals surface area contributed by atoms with E-state index in [4.69, 9.17) is 0 Å². The lowest BCUT2D eigenvalue weighted by Crippen LogP contribution is -2.21. The zero-order chi connectivity index (χ0) is 27.0. The van der Waals surface area contributed by atoms with Gasteiger partial charge in [0.25, 0.3) is 0 Å². The van der Waals surface area contributed by atoms with E-state index >= 15 is 0 Å². The van der Waals surface area contributed by atoms with Gasteiger partial charge in [-0.25, -0.2) is 0 Å². The van der Waals surface area contributed by atoms with Crippen molar-refractivity contribution in [3.05, 3.63) is 26.3 Å². The van der Waals surface area contributed by atoms with E-state index in [0.29, 0.717) is 25.7 Å². The molecule has 0 saturated heterocycles. The van der Waals surface area contributed by atoms with E-state index in [1.807, 2.05) is 0 Å². The Morgan fingerprint density at radius 2 is 0.441 bits per heavy atom. The van der Waals surface area contributed by atoms with Crippen molar-refractivity contribution in [1.82, 2.24) is 0 Å². The number of hydrogen-bond acceptors (Lipinski definition) is 8. The Morgan fingerprint density at radius 1 is 0.324 bits per heavy atom. The molecule has 0 aromatic carbocycles. The number of carbonyl (C=O) groups excluding carboxylic acids is 4. The van der Waals surface area contributed by atoms with Crippen LogP contribution in [0.15, 0.2) is 26.3 Å². The lowest BCUT2D eigenvalue weighted by molar-refractivity contribution is -0.307. The van der Waals surface area contributed by atoms with Gasteiger partial charge in [-0.3, -0.25) is 0 Å². The van der Waals surface area contributed by atoms with Crippen LogP contribution in [0.3, 0.4) is 0 Å². The lowest BCUT2D eigenvalue weighted by atomic mass is 10.1. The molecule has 0 spiro atoms. The predicted molar refractivity (Wildman–Crippen MR) is 126 cm³/mol. The molecule has 8 heteroatoms. The van der Waals surface area contributed by atoms with Gasteiger partial charge in [0.2, 0.25) is 0 Å². The van der Waals surface area contributed by atoms with E-state index in [-0.39, 0.29) is 25.7 Å². The van der Waals surface area contributed by atoms with Crippen LogP contribution in [0.2, 0.25) is 0 Å². The third-order valence-corrected chi connectivity index (χ3v) is 4.52. The summed E-state index contributed by atoms with van der Waals surface area (Å²) in [5.41, 5.74) is 0. The van der Waals surface area contributed by atoms with E-state index in [1.165, 1.54) is 0 Å². The molecule has 0 heterocycles. The van der Waals surface area contributed by atoms with Crippen LogP contribution >= 0.6 is 0 Å². The van der Waals surface area contributed by atoms with Crippen molar-refractivity contribution in [2.45, 2.75) is 116 Å². The molecule has 0 saturated carbocycles. The molecule has 0 unspecified atom stereocenters. The molecule has 0 aromatic rings. The minimum atomic E-state index is -0.998. The van der Waals surface area contributed by atoms with Gasteiger partial charge in [0, 0.05) is 23.9 Å². The Morgan fingerprint density at radius 3 is 0.559 bits per heavy atom. The van der Waals surface area contributed by atoms with Gasteiger partial charge in [-0.2, -0.15) is 0 Å². The van der Waals surface area contributed by atoms with Gasteiger partial charge in [0.05, 0.1) is 0 Å². The minimum Gasteiger partial charge on any atom is -0.550 e. The SMILES string of the molecule is C=C.C=C.O=C([O-])CCCCCCCCC(=O)[O-].O=C([O-])CCCCCCCCCCC(=O)[O-]. The fourth-order valence-corrected chi connectivity index (χ4v) is 2.85. The largest absolute Gasteiger partial charge is 0.550 e. The van der Waals surface area contributed by atoms with Crippen molar-refractivity contribution in [1.29, 1.82) is 0 Å². The average Bonchev–Trinajstić information content (AvgIpc) is 2.79. The minimum absolute atomic E-state index is 0.124. The third kappa shape index (κ3) is 51.8. The Kier molecular flexibility index (Phi) is 39.7. The zero-order valence-corrected chi connectivity index (χ0v) is 20.8. The van der Waals surface area contributed by atoms with E-state index in [0.717, 1.165) is 64.2 Å². The Balaban J connectivity index is -0.000000232. The Labute approximate surface area is 205 Å². The fraction of sp³-hybridized carbons (Fsp3) is 0.692. The van der Waals surface area contributed by atoms with Gasteiger partial charge in [0.15, 0.2) is 0 Å². The van der Waals surface area contributed by atoms with Gasteiger partial charge in [-0.15, -0.1) is 26.3 Å². The van der Waals surface area contributed by atoms with Gasteiger partial charge < -0.3 is 39.6 Å². The molecular formula is C26H44O8-4. The van der Waals surface area contributed by atoms with Crippen LogP contribution in [0, 0.1) is 0 Å². The van der Waals surface area contributed by atoms with E-state index in [9.17, 15) is 39.6 Å². The van der Waals surface area contributed by atoms with Gasteiger partial charge in [0.1, 0.15) is 0 Å². The van der Waals surface area contributed by atoms with Gasteiger partial charge >= 0.3 is 0 Å². The quantitative estimate of drug-likeness (QED) is 0.186. The summed E-state index contributed by atoms with van der Waals surface area (Å²) in [4.78, 5) is 40.2. The van der Waals surface area contributed by atoms with Crippen LogP contribution in [0.4, 0.5) is 0 Å². The van der Waals surface area contributed by atoms with Crippen molar-refractivity contribution in [3.63, 3.8) is 0 Å². The molecule has 0 amide bonds. The predicted octanol–water partition coefficient (Wildman–Crippen LogP) is 1.60. The number of aliphatic carboxylic acids is 4. The molecule has 200 valence electrons. The molecule has 34 heavy (non-hydrogen) atoms. The van der Waals surface area contributed by atoms with Crippen molar-refractivity contribution in [2.75, 3.05) is 0 Å². The van der Waals surface area contributed by atoms with E-state index in [2.05, 4.69) is 26.3 Å². The van der Waals surface area contributed by atoms with Crippen LogP contribution in [0.25, 0.3) is 0 Å². The molecule has 8 nitrogen and oxygen atoms in total. The van der Waals surface area contributed by atoms with Gasteiger partial charge in [-0.1, -0.05) is 64.2 Å². The third-order valence-electron chi connectivity index (χ3n) is 4.52. The van der Waals surface area contributed by atoms with Crippen molar-refractivity contribution >= 4 is 23.9 Å². The molecule has 0 bridgehead atoms. The molecule has 0 aromatic heterocycles. The second-order valence-electron chi connectivity index (χ2n) is 7.44. The highest BCUT2D eigenvalue weighted by Gasteiger charge is 1.94. The first kappa shape index (κ1) is 38.6. The molecule has 0 rings (SSSR count). The summed E-state index contributed by atoms with van der Waals surface area (Å²) >= 11 is 0. The summed E-state index contributed by atoms with van der Waals surface area (Å²) in [5.74, 6) is -3.94. The molecule has 0 fully saturated rings. The second-order valence-corrected chi connectivity index (χ2v) is 7.44. The maximum absolute atomic E-state index is 10.1. The number of hydrogen-bond donors (Lipinski definition) is 0. The van der Waals surface area contributed by atoms with Crippen LogP contribution in [-0.2, 0) is 19.2 Å². The summed E-state index contributed by atoms with van der Waals surface area (Å²) in [6.45, 7) is 12.0. The number of carboxylic acid groups (broad SMARTS) is 4. The monoisotopic (exact) mass is 484 g/mol. The fourth-order valence-electron chi connectivity index (χ4n) is 2.85. The molecule has 0 radical (unpaired) electrons. The van der Waals surface area contributed by atoms with Crippen LogP contribution < -0.4 is 20.4 Å². The Bertz CT molecular complexity index is 447.